The van der Waals surface area contributed by atoms with Gasteiger partial charge in [-0.05, 0) is 44.2 Å². The van der Waals surface area contributed by atoms with Crippen molar-refractivity contribution in [2.75, 3.05) is 4.72 Å². The third-order valence-electron chi connectivity index (χ3n) is 3.82. The Hall–Kier alpha value is -2.77. The molecule has 0 spiro atoms. The number of anilines is 1. The molecule has 0 amide bonds. The SMILES string of the molecule is Cc1ccc(S(=O)(=O)Nc2cc(Cl)cnc2C(=O)c2ccc(C)nc2)cc1. The van der Waals surface area contributed by atoms with Crippen LogP contribution in [0.4, 0.5) is 5.69 Å². The average Bonchev–Trinajstić information content (AvgIpc) is 2.62. The van der Waals surface area contributed by atoms with E-state index in [4.69, 9.17) is 11.6 Å². The van der Waals surface area contributed by atoms with Crippen molar-refractivity contribution in [1.82, 2.24) is 9.97 Å². The molecule has 0 aliphatic heterocycles. The minimum absolute atomic E-state index is 0.00801. The number of ketones is 1. The predicted molar refractivity (Wildman–Crippen MR) is 104 cm³/mol. The summed E-state index contributed by atoms with van der Waals surface area (Å²) in [6, 6.07) is 11.0. The molecule has 2 heterocycles. The summed E-state index contributed by atoms with van der Waals surface area (Å²) in [5, 5.41) is 0.204. The van der Waals surface area contributed by atoms with Gasteiger partial charge in [0.25, 0.3) is 10.0 Å². The van der Waals surface area contributed by atoms with Gasteiger partial charge in [0.1, 0.15) is 5.69 Å². The monoisotopic (exact) mass is 401 g/mol. The number of aromatic nitrogens is 2. The first-order chi connectivity index (χ1) is 12.8. The predicted octanol–water partition coefficient (Wildman–Crippen LogP) is 3.78. The van der Waals surface area contributed by atoms with E-state index in [1.165, 1.54) is 30.6 Å². The number of sulfonamides is 1. The molecule has 0 atom stereocenters. The smallest absolute Gasteiger partial charge is 0.261 e. The Morgan fingerprint density at radius 2 is 1.70 bits per heavy atom. The summed E-state index contributed by atoms with van der Waals surface area (Å²) in [7, 11) is -3.91. The van der Waals surface area contributed by atoms with E-state index in [0.717, 1.165) is 11.3 Å². The Kier molecular flexibility index (Phi) is 5.25. The highest BCUT2D eigenvalue weighted by molar-refractivity contribution is 7.92. The molecule has 2 aromatic heterocycles. The molecule has 0 saturated carbocycles. The van der Waals surface area contributed by atoms with Crippen LogP contribution in [0.3, 0.4) is 0 Å². The normalized spacial score (nSPS) is 11.2. The molecule has 138 valence electrons. The van der Waals surface area contributed by atoms with Gasteiger partial charge in [0.05, 0.1) is 15.6 Å². The number of carbonyl (C=O) groups excluding carboxylic acids is 1. The molecule has 0 aliphatic rings. The lowest BCUT2D eigenvalue weighted by molar-refractivity contribution is 0.103. The van der Waals surface area contributed by atoms with Gasteiger partial charge >= 0.3 is 0 Å². The first-order valence-electron chi connectivity index (χ1n) is 7.99. The standard InChI is InChI=1S/C19H16ClN3O3S/c1-12-3-7-16(8-4-12)27(25,26)23-17-9-15(20)11-22-18(17)19(24)14-6-5-13(2)21-10-14/h3-11,23H,1-2H3. The van der Waals surface area contributed by atoms with Gasteiger partial charge in [-0.3, -0.25) is 14.5 Å². The van der Waals surface area contributed by atoms with Crippen molar-refractivity contribution >= 4 is 33.1 Å². The molecule has 0 bridgehead atoms. The largest absolute Gasteiger partial charge is 0.287 e. The van der Waals surface area contributed by atoms with Gasteiger partial charge in [-0.2, -0.15) is 0 Å². The number of halogens is 1. The Bertz CT molecular complexity index is 1100. The lowest BCUT2D eigenvalue weighted by Gasteiger charge is -2.12. The highest BCUT2D eigenvalue weighted by atomic mass is 35.5. The van der Waals surface area contributed by atoms with Crippen LogP contribution in [0.5, 0.6) is 0 Å². The van der Waals surface area contributed by atoms with Crippen LogP contribution < -0.4 is 4.72 Å². The second-order valence-corrected chi connectivity index (χ2v) is 8.10. The van der Waals surface area contributed by atoms with Gasteiger partial charge < -0.3 is 0 Å². The molecule has 0 unspecified atom stereocenters. The van der Waals surface area contributed by atoms with E-state index in [1.54, 1.807) is 31.2 Å². The molecule has 3 aromatic rings. The van der Waals surface area contributed by atoms with Crippen LogP contribution in [-0.2, 0) is 10.0 Å². The number of rotatable bonds is 5. The number of aryl methyl sites for hydroxylation is 2. The summed E-state index contributed by atoms with van der Waals surface area (Å²) in [4.78, 5) is 21.0. The van der Waals surface area contributed by atoms with Crippen LogP contribution in [0.1, 0.15) is 27.3 Å². The fourth-order valence-corrected chi connectivity index (χ4v) is 3.57. The molecule has 3 rings (SSSR count). The molecular weight excluding hydrogens is 386 g/mol. The molecule has 0 aliphatic carbocycles. The highest BCUT2D eigenvalue weighted by Gasteiger charge is 2.21. The maximum Gasteiger partial charge on any atom is 0.261 e. The zero-order chi connectivity index (χ0) is 19.6. The molecule has 0 fully saturated rings. The van der Waals surface area contributed by atoms with Crippen LogP contribution in [0.2, 0.25) is 5.02 Å². The summed E-state index contributed by atoms with van der Waals surface area (Å²) >= 11 is 5.96. The quantitative estimate of drug-likeness (QED) is 0.657. The number of carbonyl (C=O) groups is 1. The summed E-state index contributed by atoms with van der Waals surface area (Å²) in [5.41, 5.74) is 1.94. The Balaban J connectivity index is 2.00. The third kappa shape index (κ3) is 4.32. The van der Waals surface area contributed by atoms with Gasteiger partial charge in [0.2, 0.25) is 5.78 Å². The Morgan fingerprint density at radius 3 is 2.33 bits per heavy atom. The van der Waals surface area contributed by atoms with Gasteiger partial charge in [-0.15, -0.1) is 0 Å². The number of nitrogens with one attached hydrogen (secondary N) is 1. The maximum atomic E-state index is 12.8. The fourth-order valence-electron chi connectivity index (χ4n) is 2.36. The number of pyridine rings is 2. The van der Waals surface area contributed by atoms with Crippen LogP contribution in [-0.4, -0.2) is 24.2 Å². The van der Waals surface area contributed by atoms with Gasteiger partial charge in [0.15, 0.2) is 0 Å². The van der Waals surface area contributed by atoms with Crippen molar-refractivity contribution in [3.05, 3.63) is 82.4 Å². The van der Waals surface area contributed by atoms with Gasteiger partial charge in [0, 0.05) is 23.7 Å². The summed E-state index contributed by atoms with van der Waals surface area (Å²) in [6.45, 7) is 3.66. The van der Waals surface area contributed by atoms with Crippen LogP contribution >= 0.6 is 11.6 Å². The van der Waals surface area contributed by atoms with E-state index in [1.807, 2.05) is 6.92 Å². The molecule has 27 heavy (non-hydrogen) atoms. The lowest BCUT2D eigenvalue weighted by atomic mass is 10.1. The zero-order valence-electron chi connectivity index (χ0n) is 14.6. The number of benzene rings is 1. The first-order valence-corrected chi connectivity index (χ1v) is 9.85. The Morgan fingerprint density at radius 1 is 1.00 bits per heavy atom. The van der Waals surface area contributed by atoms with Crippen molar-refractivity contribution in [2.24, 2.45) is 0 Å². The highest BCUT2D eigenvalue weighted by Crippen LogP contribution is 2.24. The third-order valence-corrected chi connectivity index (χ3v) is 5.41. The second-order valence-electron chi connectivity index (χ2n) is 5.99. The van der Waals surface area contributed by atoms with Crippen molar-refractivity contribution in [3.8, 4) is 0 Å². The lowest BCUT2D eigenvalue weighted by Crippen LogP contribution is -2.17. The number of nitrogens with zero attached hydrogens (tertiary/aromatic N) is 2. The van der Waals surface area contributed by atoms with Gasteiger partial charge in [-0.25, -0.2) is 13.4 Å². The summed E-state index contributed by atoms with van der Waals surface area (Å²) in [6.07, 6.45) is 2.71. The maximum absolute atomic E-state index is 12.8. The minimum Gasteiger partial charge on any atom is -0.287 e. The van der Waals surface area contributed by atoms with E-state index in [9.17, 15) is 13.2 Å². The first kappa shape index (κ1) is 19.0. The van der Waals surface area contributed by atoms with E-state index in [-0.39, 0.29) is 21.3 Å². The van der Waals surface area contributed by atoms with E-state index in [0.29, 0.717) is 5.56 Å². The van der Waals surface area contributed by atoms with E-state index in [2.05, 4.69) is 14.7 Å². The number of hydrogen-bond donors (Lipinski definition) is 1. The van der Waals surface area contributed by atoms with Gasteiger partial charge in [-0.1, -0.05) is 29.3 Å². The topological polar surface area (TPSA) is 89.0 Å². The summed E-state index contributed by atoms with van der Waals surface area (Å²) < 4.78 is 27.8. The molecule has 1 aromatic carbocycles. The molecule has 0 radical (unpaired) electrons. The van der Waals surface area contributed by atoms with Crippen molar-refractivity contribution < 1.29 is 13.2 Å². The van der Waals surface area contributed by atoms with Crippen LogP contribution in [0, 0.1) is 13.8 Å². The molecule has 1 N–H and O–H groups in total. The van der Waals surface area contributed by atoms with Crippen LogP contribution in [0.15, 0.2) is 59.8 Å². The second kappa shape index (κ2) is 7.46. The Labute approximate surface area is 162 Å². The molecule has 0 saturated heterocycles. The van der Waals surface area contributed by atoms with Crippen molar-refractivity contribution in [2.45, 2.75) is 18.7 Å². The fraction of sp³-hybridized carbons (Fsp3) is 0.105. The van der Waals surface area contributed by atoms with Crippen molar-refractivity contribution in [3.63, 3.8) is 0 Å². The summed E-state index contributed by atoms with van der Waals surface area (Å²) in [5.74, 6) is -0.458. The van der Waals surface area contributed by atoms with E-state index >= 15 is 0 Å². The zero-order valence-corrected chi connectivity index (χ0v) is 16.2. The number of hydrogen-bond acceptors (Lipinski definition) is 5. The molecular formula is C19H16ClN3O3S. The molecule has 8 heteroatoms. The van der Waals surface area contributed by atoms with Crippen molar-refractivity contribution in [1.29, 1.82) is 0 Å². The minimum atomic E-state index is -3.91. The van der Waals surface area contributed by atoms with Crippen LogP contribution in [0.25, 0.3) is 0 Å². The molecule has 6 nitrogen and oxygen atoms in total. The van der Waals surface area contributed by atoms with E-state index < -0.39 is 15.8 Å². The average molecular weight is 402 g/mol.